The van der Waals surface area contributed by atoms with E-state index in [4.69, 9.17) is 9.47 Å². The number of methoxy groups -OCH3 is 1. The smallest absolute Gasteiger partial charge is 0.338 e. The largest absolute Gasteiger partial charge is 0.496 e. The highest BCUT2D eigenvalue weighted by Crippen LogP contribution is 2.33. The molecule has 0 fully saturated rings. The lowest BCUT2D eigenvalue weighted by Gasteiger charge is -2.23. The first kappa shape index (κ1) is 21.7. The Morgan fingerprint density at radius 3 is 2.81 bits per heavy atom. The molecule has 0 saturated heterocycles. The molecule has 0 radical (unpaired) electrons. The van der Waals surface area contributed by atoms with Crippen molar-refractivity contribution in [3.05, 3.63) is 81.6 Å². The highest BCUT2D eigenvalue weighted by atomic mass is 79.9. The summed E-state index contributed by atoms with van der Waals surface area (Å²) in [6.45, 7) is 3.80. The number of thiazole rings is 1. The van der Waals surface area contributed by atoms with E-state index in [0.29, 0.717) is 26.4 Å². The fourth-order valence-corrected chi connectivity index (χ4v) is 5.86. The third kappa shape index (κ3) is 4.05. The molecule has 1 aromatic carbocycles. The molecule has 0 bridgehead atoms. The number of carbonyl (C=O) groups excluding carboxylic acids is 1. The Morgan fingerprint density at radius 2 is 2.16 bits per heavy atom. The number of esters is 1. The number of ether oxygens (including phenoxy) is 2. The normalized spacial score (nSPS) is 16.1. The van der Waals surface area contributed by atoms with Crippen molar-refractivity contribution in [3.63, 3.8) is 0 Å². The summed E-state index contributed by atoms with van der Waals surface area (Å²) in [5.41, 5.74) is 1.63. The monoisotopic (exact) mass is 518 g/mol. The maximum atomic E-state index is 13.4. The number of hydrogen-bond acceptors (Lipinski definition) is 7. The van der Waals surface area contributed by atoms with Gasteiger partial charge in [-0.1, -0.05) is 23.5 Å². The molecule has 0 unspecified atom stereocenters. The van der Waals surface area contributed by atoms with Crippen LogP contribution in [-0.4, -0.2) is 24.3 Å². The fourth-order valence-electron chi connectivity index (χ4n) is 3.43. The van der Waals surface area contributed by atoms with Crippen LogP contribution in [0.3, 0.4) is 0 Å². The molecule has 6 nitrogen and oxygen atoms in total. The van der Waals surface area contributed by atoms with E-state index < -0.39 is 12.0 Å². The van der Waals surface area contributed by atoms with Crippen LogP contribution in [0.4, 0.5) is 0 Å². The molecule has 3 heterocycles. The highest BCUT2D eigenvalue weighted by molar-refractivity contribution is 9.10. The fraction of sp³-hybridized carbons (Fsp3) is 0.227. The average Bonchev–Trinajstić information content (AvgIpc) is 3.36. The van der Waals surface area contributed by atoms with Gasteiger partial charge in [0.05, 0.1) is 34.0 Å². The summed E-state index contributed by atoms with van der Waals surface area (Å²) < 4.78 is 13.5. The molecular formula is C22H19BrN2O4S2. The van der Waals surface area contributed by atoms with E-state index in [1.165, 1.54) is 22.7 Å². The van der Waals surface area contributed by atoms with Gasteiger partial charge < -0.3 is 9.47 Å². The number of rotatable bonds is 5. The summed E-state index contributed by atoms with van der Waals surface area (Å²) in [5.74, 6) is 0.265. The zero-order chi connectivity index (χ0) is 22.1. The van der Waals surface area contributed by atoms with Gasteiger partial charge in [0.25, 0.3) is 5.56 Å². The van der Waals surface area contributed by atoms with Crippen molar-refractivity contribution in [2.24, 2.45) is 4.99 Å². The van der Waals surface area contributed by atoms with Crippen LogP contribution in [0, 0.1) is 0 Å². The lowest BCUT2D eigenvalue weighted by molar-refractivity contribution is -0.139. The Labute approximate surface area is 194 Å². The molecule has 1 atom stereocenters. The molecule has 3 aromatic rings. The van der Waals surface area contributed by atoms with Crippen molar-refractivity contribution >= 4 is 50.6 Å². The Kier molecular flexibility index (Phi) is 6.27. The minimum atomic E-state index is -0.556. The van der Waals surface area contributed by atoms with Gasteiger partial charge in [0.15, 0.2) is 4.80 Å². The van der Waals surface area contributed by atoms with Gasteiger partial charge in [-0.25, -0.2) is 9.79 Å². The second-order valence-corrected chi connectivity index (χ2v) is 9.55. The van der Waals surface area contributed by atoms with Crippen LogP contribution in [0.1, 0.15) is 30.3 Å². The van der Waals surface area contributed by atoms with Gasteiger partial charge in [0, 0.05) is 4.88 Å². The van der Waals surface area contributed by atoms with Crippen molar-refractivity contribution in [2.45, 2.75) is 19.9 Å². The zero-order valence-electron chi connectivity index (χ0n) is 17.0. The third-order valence-corrected chi connectivity index (χ3v) is 7.33. The summed E-state index contributed by atoms with van der Waals surface area (Å²) in [6.07, 6.45) is 1.82. The van der Waals surface area contributed by atoms with E-state index in [9.17, 15) is 9.59 Å². The first-order valence-electron chi connectivity index (χ1n) is 9.51. The van der Waals surface area contributed by atoms with Crippen LogP contribution in [0.25, 0.3) is 6.08 Å². The molecule has 9 heteroatoms. The molecule has 0 amide bonds. The maximum absolute atomic E-state index is 13.4. The summed E-state index contributed by atoms with van der Waals surface area (Å²) in [4.78, 5) is 32.2. The molecule has 0 N–H and O–H groups in total. The number of thiophene rings is 1. The lowest BCUT2D eigenvalue weighted by atomic mass is 10.0. The Morgan fingerprint density at radius 1 is 1.35 bits per heavy atom. The standard InChI is InChI=1S/C22H19BrN2O4S2/c1-4-29-21(27)18-12(2)24-22-25(19(18)16-6-5-9-30-16)20(26)17(31-22)11-13-7-8-15(28-3)14(23)10-13/h5-11,19H,4H2,1-3H3/b17-11-/t19-/m0/s1. The van der Waals surface area contributed by atoms with Gasteiger partial charge in [-0.2, -0.15) is 0 Å². The Balaban J connectivity index is 1.91. The topological polar surface area (TPSA) is 69.9 Å². The molecular weight excluding hydrogens is 500 g/mol. The van der Waals surface area contributed by atoms with E-state index in [1.807, 2.05) is 41.8 Å². The summed E-state index contributed by atoms with van der Waals surface area (Å²) in [5, 5.41) is 1.93. The SMILES string of the molecule is CCOC(=O)C1=C(C)N=c2s/c(=C\c3ccc(OC)c(Br)c3)c(=O)n2[C@H]1c1cccs1. The van der Waals surface area contributed by atoms with E-state index >= 15 is 0 Å². The number of fused-ring (bicyclic) bond motifs is 1. The van der Waals surface area contributed by atoms with Gasteiger partial charge in [-0.05, 0) is 65.0 Å². The average molecular weight is 519 g/mol. The number of halogens is 1. The number of nitrogens with zero attached hydrogens (tertiary/aromatic N) is 2. The van der Waals surface area contributed by atoms with Crippen LogP contribution >= 0.6 is 38.6 Å². The van der Waals surface area contributed by atoms with E-state index in [1.54, 1.807) is 25.5 Å². The summed E-state index contributed by atoms with van der Waals surface area (Å²) >= 11 is 6.28. The van der Waals surface area contributed by atoms with Gasteiger partial charge in [-0.15, -0.1) is 11.3 Å². The number of benzene rings is 1. The number of hydrogen-bond donors (Lipinski definition) is 0. The predicted octanol–water partition coefficient (Wildman–Crippen LogP) is 3.63. The summed E-state index contributed by atoms with van der Waals surface area (Å²) in [7, 11) is 1.60. The zero-order valence-corrected chi connectivity index (χ0v) is 20.3. The maximum Gasteiger partial charge on any atom is 0.338 e. The van der Waals surface area contributed by atoms with Gasteiger partial charge in [-0.3, -0.25) is 9.36 Å². The van der Waals surface area contributed by atoms with Crippen molar-refractivity contribution in [2.75, 3.05) is 13.7 Å². The number of allylic oxidation sites excluding steroid dienone is 1. The second-order valence-electron chi connectivity index (χ2n) is 6.71. The van der Waals surface area contributed by atoms with Gasteiger partial charge in [0.1, 0.15) is 11.8 Å². The predicted molar refractivity (Wildman–Crippen MR) is 125 cm³/mol. The number of aromatic nitrogens is 1. The van der Waals surface area contributed by atoms with E-state index in [2.05, 4.69) is 20.9 Å². The second kappa shape index (κ2) is 8.94. The molecule has 1 aliphatic heterocycles. The molecule has 1 aliphatic rings. The van der Waals surface area contributed by atoms with Crippen LogP contribution in [0.5, 0.6) is 5.75 Å². The van der Waals surface area contributed by atoms with Crippen molar-refractivity contribution < 1.29 is 14.3 Å². The first-order chi connectivity index (χ1) is 14.9. The van der Waals surface area contributed by atoms with Gasteiger partial charge >= 0.3 is 5.97 Å². The van der Waals surface area contributed by atoms with Crippen molar-refractivity contribution in [3.8, 4) is 5.75 Å². The minimum absolute atomic E-state index is 0.191. The van der Waals surface area contributed by atoms with Crippen LogP contribution in [-0.2, 0) is 9.53 Å². The summed E-state index contributed by atoms with van der Waals surface area (Å²) in [6, 6.07) is 8.88. The Bertz CT molecular complexity index is 1350. The molecule has 4 rings (SSSR count). The molecule has 160 valence electrons. The van der Waals surface area contributed by atoms with Crippen molar-refractivity contribution in [1.29, 1.82) is 0 Å². The minimum Gasteiger partial charge on any atom is -0.496 e. The van der Waals surface area contributed by atoms with Crippen LogP contribution < -0.4 is 19.6 Å². The first-order valence-corrected chi connectivity index (χ1v) is 12.0. The van der Waals surface area contributed by atoms with Crippen LogP contribution in [0.15, 0.2) is 61.2 Å². The van der Waals surface area contributed by atoms with Crippen molar-refractivity contribution in [1.82, 2.24) is 4.57 Å². The van der Waals surface area contributed by atoms with E-state index in [-0.39, 0.29) is 12.2 Å². The Hall–Kier alpha value is -2.49. The molecule has 31 heavy (non-hydrogen) atoms. The molecule has 0 saturated carbocycles. The molecule has 0 spiro atoms. The van der Waals surface area contributed by atoms with E-state index in [0.717, 1.165) is 14.9 Å². The molecule has 2 aromatic heterocycles. The molecule has 0 aliphatic carbocycles. The van der Waals surface area contributed by atoms with Gasteiger partial charge in [0.2, 0.25) is 0 Å². The lowest BCUT2D eigenvalue weighted by Crippen LogP contribution is -2.39. The highest BCUT2D eigenvalue weighted by Gasteiger charge is 2.33. The quantitative estimate of drug-likeness (QED) is 0.483. The van der Waals surface area contributed by atoms with Crippen LogP contribution in [0.2, 0.25) is 0 Å². The third-order valence-electron chi connectivity index (χ3n) is 4.80. The number of carbonyl (C=O) groups is 1.